The number of aryl methyl sites for hydroxylation is 1. The summed E-state index contributed by atoms with van der Waals surface area (Å²) >= 11 is 0. The molecular weight excluding hydrogens is 328 g/mol. The van der Waals surface area contributed by atoms with Gasteiger partial charge in [0.1, 0.15) is 11.9 Å². The van der Waals surface area contributed by atoms with Crippen LogP contribution in [-0.4, -0.2) is 21.6 Å². The van der Waals surface area contributed by atoms with Crippen molar-refractivity contribution in [2.45, 2.75) is 19.4 Å². The van der Waals surface area contributed by atoms with Crippen LogP contribution in [0.25, 0.3) is 11.1 Å². The molecule has 0 bridgehead atoms. The number of nitrogens with zero attached hydrogens (tertiary/aromatic N) is 2. The van der Waals surface area contributed by atoms with Crippen LogP contribution in [0.1, 0.15) is 18.0 Å². The van der Waals surface area contributed by atoms with Crippen molar-refractivity contribution in [3.8, 4) is 11.1 Å². The van der Waals surface area contributed by atoms with Crippen molar-refractivity contribution in [1.82, 2.24) is 9.78 Å². The first-order valence-electron chi connectivity index (χ1n) is 8.42. The Bertz CT molecular complexity index is 961. The van der Waals surface area contributed by atoms with Crippen molar-refractivity contribution >= 4 is 23.3 Å². The van der Waals surface area contributed by atoms with Crippen molar-refractivity contribution in [3.63, 3.8) is 0 Å². The number of aromatic nitrogens is 2. The summed E-state index contributed by atoms with van der Waals surface area (Å²) in [5, 5.41) is 10.0. The highest BCUT2D eigenvalue weighted by atomic mass is 16.2. The summed E-state index contributed by atoms with van der Waals surface area (Å²) < 4.78 is 1.60. The van der Waals surface area contributed by atoms with E-state index in [0.717, 1.165) is 16.7 Å². The lowest BCUT2D eigenvalue weighted by atomic mass is 10.1. The van der Waals surface area contributed by atoms with E-state index in [1.54, 1.807) is 10.9 Å². The lowest BCUT2D eigenvalue weighted by molar-refractivity contribution is -0.123. The predicted molar refractivity (Wildman–Crippen MR) is 99.8 cm³/mol. The summed E-state index contributed by atoms with van der Waals surface area (Å²) in [6.07, 6.45) is 1.75. The molecule has 2 N–H and O–H groups in total. The molecule has 0 radical (unpaired) electrons. The number of hydrogen-bond acceptors (Lipinski definition) is 3. The Morgan fingerprint density at radius 3 is 2.62 bits per heavy atom. The highest BCUT2D eigenvalue weighted by Crippen LogP contribution is 2.35. The molecule has 1 aliphatic heterocycles. The van der Waals surface area contributed by atoms with Crippen LogP contribution in [0.2, 0.25) is 0 Å². The van der Waals surface area contributed by atoms with E-state index in [-0.39, 0.29) is 18.2 Å². The highest BCUT2D eigenvalue weighted by Gasteiger charge is 2.35. The summed E-state index contributed by atoms with van der Waals surface area (Å²) in [5.74, 6) is 0.192. The maximum absolute atomic E-state index is 12.4. The van der Waals surface area contributed by atoms with Crippen molar-refractivity contribution in [2.75, 3.05) is 10.6 Å². The first-order valence-corrected chi connectivity index (χ1v) is 8.42. The molecule has 0 fully saturated rings. The molecule has 2 heterocycles. The fourth-order valence-corrected chi connectivity index (χ4v) is 3.07. The fraction of sp³-hybridized carbons (Fsp3) is 0.150. The number of nitrogens with one attached hydrogen (secondary N) is 2. The second-order valence-electron chi connectivity index (χ2n) is 6.34. The van der Waals surface area contributed by atoms with Crippen LogP contribution in [0.5, 0.6) is 0 Å². The summed E-state index contributed by atoms with van der Waals surface area (Å²) in [5.41, 5.74) is 3.65. The SMILES string of the molecule is Cc1ccc(NC(=O)CC2C(=O)Nc3c(-c4ccccc4)cnn32)cc1. The minimum Gasteiger partial charge on any atom is -0.326 e. The molecule has 130 valence electrons. The molecule has 6 nitrogen and oxygen atoms in total. The van der Waals surface area contributed by atoms with Gasteiger partial charge < -0.3 is 10.6 Å². The minimum atomic E-state index is -0.645. The van der Waals surface area contributed by atoms with Gasteiger partial charge in [-0.1, -0.05) is 48.0 Å². The van der Waals surface area contributed by atoms with Crippen LogP contribution < -0.4 is 10.6 Å². The summed E-state index contributed by atoms with van der Waals surface area (Å²) in [4.78, 5) is 24.7. The first kappa shape index (κ1) is 16.1. The Balaban J connectivity index is 1.52. The molecule has 1 atom stereocenters. The molecule has 6 heteroatoms. The topological polar surface area (TPSA) is 76.0 Å². The quantitative estimate of drug-likeness (QED) is 0.760. The van der Waals surface area contributed by atoms with Crippen molar-refractivity contribution in [3.05, 3.63) is 66.4 Å². The van der Waals surface area contributed by atoms with Crippen LogP contribution >= 0.6 is 0 Å². The predicted octanol–water partition coefficient (Wildman–Crippen LogP) is 3.38. The molecule has 0 saturated heterocycles. The van der Waals surface area contributed by atoms with Gasteiger partial charge in [0.15, 0.2) is 0 Å². The smallest absolute Gasteiger partial charge is 0.251 e. The largest absolute Gasteiger partial charge is 0.326 e. The van der Waals surface area contributed by atoms with E-state index in [0.29, 0.717) is 11.5 Å². The molecule has 2 aromatic carbocycles. The van der Waals surface area contributed by atoms with Gasteiger partial charge >= 0.3 is 0 Å². The standard InChI is InChI=1S/C20H18N4O2/c1-13-7-9-15(10-8-13)22-18(25)11-17-20(26)23-19-16(12-21-24(17)19)14-5-3-2-4-6-14/h2-10,12,17H,11H2,1H3,(H,22,25)(H,23,26). The number of anilines is 2. The van der Waals surface area contributed by atoms with Gasteiger partial charge in [-0.15, -0.1) is 0 Å². The van der Waals surface area contributed by atoms with E-state index in [9.17, 15) is 9.59 Å². The Morgan fingerprint density at radius 2 is 1.88 bits per heavy atom. The lowest BCUT2D eigenvalue weighted by Crippen LogP contribution is -2.23. The number of benzene rings is 2. The molecule has 1 unspecified atom stereocenters. The maximum atomic E-state index is 12.4. The molecule has 4 rings (SSSR count). The van der Waals surface area contributed by atoms with Crippen molar-refractivity contribution < 1.29 is 9.59 Å². The highest BCUT2D eigenvalue weighted by molar-refractivity contribution is 6.04. The molecule has 26 heavy (non-hydrogen) atoms. The monoisotopic (exact) mass is 346 g/mol. The zero-order chi connectivity index (χ0) is 18.1. The van der Waals surface area contributed by atoms with E-state index in [1.807, 2.05) is 61.5 Å². The van der Waals surface area contributed by atoms with Gasteiger partial charge in [-0.2, -0.15) is 5.10 Å². The second-order valence-corrected chi connectivity index (χ2v) is 6.34. The van der Waals surface area contributed by atoms with Gasteiger partial charge in [0.2, 0.25) is 5.91 Å². The Hall–Kier alpha value is -3.41. The van der Waals surface area contributed by atoms with Crippen molar-refractivity contribution in [1.29, 1.82) is 0 Å². The van der Waals surface area contributed by atoms with Crippen molar-refractivity contribution in [2.24, 2.45) is 0 Å². The zero-order valence-corrected chi connectivity index (χ0v) is 14.3. The Kier molecular flexibility index (Phi) is 4.01. The third-order valence-electron chi connectivity index (χ3n) is 4.43. The van der Waals surface area contributed by atoms with Crippen LogP contribution in [0.3, 0.4) is 0 Å². The van der Waals surface area contributed by atoms with E-state index in [4.69, 9.17) is 0 Å². The van der Waals surface area contributed by atoms with E-state index in [1.165, 1.54) is 0 Å². The lowest BCUT2D eigenvalue weighted by Gasteiger charge is -2.10. The Labute approximate surface area is 150 Å². The average Bonchev–Trinajstić information content (AvgIpc) is 3.18. The number of rotatable bonds is 4. The maximum Gasteiger partial charge on any atom is 0.251 e. The molecule has 0 spiro atoms. The number of fused-ring (bicyclic) bond motifs is 1. The normalized spacial score (nSPS) is 15.4. The number of carbonyl (C=O) groups is 2. The first-order chi connectivity index (χ1) is 12.6. The number of carbonyl (C=O) groups excluding carboxylic acids is 2. The molecule has 3 aromatic rings. The van der Waals surface area contributed by atoms with E-state index < -0.39 is 6.04 Å². The van der Waals surface area contributed by atoms with Gasteiger partial charge in [0.25, 0.3) is 5.91 Å². The van der Waals surface area contributed by atoms with Gasteiger partial charge in [0, 0.05) is 11.3 Å². The van der Waals surface area contributed by atoms with Crippen LogP contribution in [0, 0.1) is 6.92 Å². The van der Waals surface area contributed by atoms with Gasteiger partial charge in [-0.05, 0) is 24.6 Å². The number of amides is 2. The zero-order valence-electron chi connectivity index (χ0n) is 14.3. The van der Waals surface area contributed by atoms with Crippen LogP contribution in [-0.2, 0) is 9.59 Å². The molecule has 2 amide bonds. The fourth-order valence-electron chi connectivity index (χ4n) is 3.07. The van der Waals surface area contributed by atoms with Gasteiger partial charge in [-0.3, -0.25) is 9.59 Å². The molecule has 0 saturated carbocycles. The molecule has 0 aliphatic carbocycles. The average molecular weight is 346 g/mol. The Morgan fingerprint density at radius 1 is 1.15 bits per heavy atom. The second kappa shape index (κ2) is 6.48. The van der Waals surface area contributed by atoms with Crippen LogP contribution in [0.15, 0.2) is 60.8 Å². The van der Waals surface area contributed by atoms with Crippen LogP contribution in [0.4, 0.5) is 11.5 Å². The van der Waals surface area contributed by atoms with Gasteiger partial charge in [-0.25, -0.2) is 4.68 Å². The number of hydrogen-bond donors (Lipinski definition) is 2. The minimum absolute atomic E-state index is 0.0304. The molecule has 1 aromatic heterocycles. The van der Waals surface area contributed by atoms with E-state index in [2.05, 4.69) is 15.7 Å². The summed E-state index contributed by atoms with van der Waals surface area (Å²) in [6.45, 7) is 1.98. The summed E-state index contributed by atoms with van der Waals surface area (Å²) in [7, 11) is 0. The summed E-state index contributed by atoms with van der Waals surface area (Å²) in [6, 6.07) is 16.6. The third-order valence-corrected chi connectivity index (χ3v) is 4.43. The molecule has 1 aliphatic rings. The van der Waals surface area contributed by atoms with Gasteiger partial charge in [0.05, 0.1) is 12.6 Å². The van der Waals surface area contributed by atoms with E-state index >= 15 is 0 Å². The molecular formula is C20H18N4O2. The third kappa shape index (κ3) is 2.97.